The van der Waals surface area contributed by atoms with Crippen LogP contribution in [0.4, 0.5) is 5.69 Å². The third kappa shape index (κ3) is 12.2. The summed E-state index contributed by atoms with van der Waals surface area (Å²) < 4.78 is 17.5. The van der Waals surface area contributed by atoms with Crippen molar-refractivity contribution in [1.29, 1.82) is 5.26 Å². The molecule has 358 valence electrons. The van der Waals surface area contributed by atoms with Crippen LogP contribution in [-0.2, 0) is 25.7 Å². The van der Waals surface area contributed by atoms with Crippen LogP contribution in [0.1, 0.15) is 101 Å². The third-order valence-corrected chi connectivity index (χ3v) is 13.1. The van der Waals surface area contributed by atoms with Gasteiger partial charge in [-0.3, -0.25) is 19.2 Å². The summed E-state index contributed by atoms with van der Waals surface area (Å²) in [5.41, 5.74) is 2.87. The van der Waals surface area contributed by atoms with Gasteiger partial charge in [0.05, 0.1) is 22.4 Å². The van der Waals surface area contributed by atoms with E-state index in [1.165, 1.54) is 11.3 Å². The molecule has 5 N–H and O–H groups in total. The zero-order valence-electron chi connectivity index (χ0n) is 39.7. The zero-order valence-corrected chi connectivity index (χ0v) is 40.5. The summed E-state index contributed by atoms with van der Waals surface area (Å²) in [5.74, 6) is -0.178. The molecule has 0 bridgehead atoms. The lowest BCUT2D eigenvalue weighted by Crippen LogP contribution is -2.74. The van der Waals surface area contributed by atoms with Crippen LogP contribution in [0.25, 0.3) is 11.3 Å². The predicted octanol–water partition coefficient (Wildman–Crippen LogP) is 7.20. The topological polar surface area (TPSA) is 208 Å². The summed E-state index contributed by atoms with van der Waals surface area (Å²) in [6.45, 7) is 16.7. The quantitative estimate of drug-likeness (QED) is 0.0595. The number of amides is 4. The predicted molar refractivity (Wildman–Crippen MR) is 255 cm³/mol. The molecule has 3 atom stereocenters. The number of nitriles is 1. The van der Waals surface area contributed by atoms with Gasteiger partial charge in [-0.2, -0.15) is 5.26 Å². The van der Waals surface area contributed by atoms with Gasteiger partial charge in [0.1, 0.15) is 36.6 Å². The molecule has 2 aliphatic rings. The van der Waals surface area contributed by atoms with Crippen molar-refractivity contribution in [1.82, 2.24) is 25.8 Å². The molecule has 4 amide bonds. The summed E-state index contributed by atoms with van der Waals surface area (Å²) in [6.07, 6.45) is 2.84. The molecule has 1 aromatic heterocycles. The fourth-order valence-electron chi connectivity index (χ4n) is 9.44. The van der Waals surface area contributed by atoms with Crippen molar-refractivity contribution in [2.75, 3.05) is 31.6 Å². The van der Waals surface area contributed by atoms with E-state index in [1.807, 2.05) is 64.1 Å². The standard InChI is InChI=1S/C51H64ClN7O8/c1-31-42(66-30-56-31)33-14-12-32(13-15-33)27-55-45(63)40-24-37(60)28-59(40)46(64)43(49(2,3)4)57-41(61)29-65-23-11-9-10-22-54-36-19-16-34(17-20-36)44(62)58-47-50(5,6)48(51(47,7)8)67-38-21-18-35(26-53)39(52)25-38/h12-21,25,30,37,40,43,47-48,54,60H,9-11,22-24,27-29H2,1-8H3,(H,55,63)(H,57,61)(H,58,62)/t37-,40+,43?,47?,48?/m1/s1. The van der Waals surface area contributed by atoms with Gasteiger partial charge >= 0.3 is 0 Å². The van der Waals surface area contributed by atoms with Gasteiger partial charge in [-0.1, -0.05) is 84.3 Å². The zero-order chi connectivity index (χ0) is 48.7. The fraction of sp³-hybridized carbons (Fsp3) is 0.490. The summed E-state index contributed by atoms with van der Waals surface area (Å²) >= 11 is 6.24. The first-order valence-electron chi connectivity index (χ1n) is 22.8. The molecule has 2 heterocycles. The second kappa shape index (κ2) is 21.3. The highest BCUT2D eigenvalue weighted by atomic mass is 35.5. The lowest BCUT2D eigenvalue weighted by molar-refractivity contribution is -0.164. The van der Waals surface area contributed by atoms with Crippen LogP contribution in [-0.4, -0.2) is 95.3 Å². The number of oxazole rings is 1. The summed E-state index contributed by atoms with van der Waals surface area (Å²) in [4.78, 5) is 59.3. The highest BCUT2D eigenvalue weighted by Gasteiger charge is 2.64. The number of hydrogen-bond acceptors (Lipinski definition) is 11. The second-order valence-corrected chi connectivity index (χ2v) is 20.3. The molecule has 2 fully saturated rings. The van der Waals surface area contributed by atoms with E-state index in [1.54, 1.807) is 30.3 Å². The lowest BCUT2D eigenvalue weighted by Gasteiger charge is -2.63. The highest BCUT2D eigenvalue weighted by Crippen LogP contribution is 2.55. The van der Waals surface area contributed by atoms with Crippen molar-refractivity contribution in [3.63, 3.8) is 0 Å². The van der Waals surface area contributed by atoms with Crippen LogP contribution in [0.3, 0.4) is 0 Å². The van der Waals surface area contributed by atoms with E-state index < -0.39 is 35.4 Å². The van der Waals surface area contributed by atoms with Gasteiger partial charge in [0.25, 0.3) is 5.91 Å². The van der Waals surface area contributed by atoms with Gasteiger partial charge in [0, 0.05) is 72.4 Å². The number of aryl methyl sites for hydroxylation is 1. The Hall–Kier alpha value is -5.95. The Morgan fingerprint density at radius 3 is 2.33 bits per heavy atom. The molecule has 4 aromatic rings. The summed E-state index contributed by atoms with van der Waals surface area (Å²) in [7, 11) is 0. The molecule has 1 aliphatic heterocycles. The molecular weight excluding hydrogens is 874 g/mol. The number of benzene rings is 3. The first kappa shape index (κ1) is 50.5. The number of aliphatic hydroxyl groups excluding tert-OH is 1. The van der Waals surface area contributed by atoms with Crippen molar-refractivity contribution in [2.45, 2.75) is 118 Å². The molecule has 0 spiro atoms. The van der Waals surface area contributed by atoms with Crippen LogP contribution in [0.2, 0.25) is 5.02 Å². The number of unbranched alkanes of at least 4 members (excludes halogenated alkanes) is 2. The number of hydrogen-bond donors (Lipinski definition) is 5. The number of carbonyl (C=O) groups is 4. The Labute approximate surface area is 398 Å². The van der Waals surface area contributed by atoms with Crippen LogP contribution < -0.4 is 26.0 Å². The van der Waals surface area contributed by atoms with Crippen LogP contribution in [0, 0.1) is 34.5 Å². The van der Waals surface area contributed by atoms with Crippen molar-refractivity contribution < 1.29 is 38.2 Å². The highest BCUT2D eigenvalue weighted by molar-refractivity contribution is 6.31. The number of rotatable bonds is 19. The van der Waals surface area contributed by atoms with Gasteiger partial charge in [-0.15, -0.1) is 0 Å². The molecular formula is C51H64ClN7O8. The molecule has 16 heteroatoms. The average Bonchev–Trinajstić information content (AvgIpc) is 3.91. The van der Waals surface area contributed by atoms with Gasteiger partial charge in [-0.25, -0.2) is 4.98 Å². The monoisotopic (exact) mass is 937 g/mol. The van der Waals surface area contributed by atoms with E-state index >= 15 is 0 Å². The number of halogens is 1. The molecule has 1 aliphatic carbocycles. The number of likely N-dealkylation sites (tertiary alicyclic amines) is 1. The molecule has 15 nitrogen and oxygen atoms in total. The normalized spacial score (nSPS) is 19.9. The van der Waals surface area contributed by atoms with E-state index in [-0.39, 0.29) is 60.9 Å². The van der Waals surface area contributed by atoms with E-state index in [0.29, 0.717) is 40.8 Å². The van der Waals surface area contributed by atoms with Gasteiger partial charge in [0.15, 0.2) is 12.2 Å². The van der Waals surface area contributed by atoms with Crippen molar-refractivity contribution >= 4 is 40.9 Å². The molecule has 1 unspecified atom stereocenters. The van der Waals surface area contributed by atoms with Crippen molar-refractivity contribution in [3.05, 3.63) is 101 Å². The maximum Gasteiger partial charge on any atom is 0.251 e. The maximum atomic E-state index is 14.0. The van der Waals surface area contributed by atoms with Crippen LogP contribution >= 0.6 is 11.6 Å². The van der Waals surface area contributed by atoms with Crippen molar-refractivity contribution in [2.24, 2.45) is 16.2 Å². The summed E-state index contributed by atoms with van der Waals surface area (Å²) in [5, 5.41) is 32.5. The Kier molecular flexibility index (Phi) is 16.1. The Bertz CT molecular complexity index is 2410. The van der Waals surface area contributed by atoms with Gasteiger partial charge < -0.3 is 45.2 Å². The molecule has 6 rings (SSSR count). The molecule has 1 saturated carbocycles. The number of aromatic nitrogens is 1. The fourth-order valence-corrected chi connectivity index (χ4v) is 9.65. The van der Waals surface area contributed by atoms with Crippen molar-refractivity contribution in [3.8, 4) is 23.1 Å². The maximum absolute atomic E-state index is 14.0. The minimum absolute atomic E-state index is 0.0195. The van der Waals surface area contributed by atoms with E-state index in [9.17, 15) is 29.5 Å². The molecule has 3 aromatic carbocycles. The van der Waals surface area contributed by atoms with Crippen LogP contribution in [0.15, 0.2) is 77.5 Å². The van der Waals surface area contributed by atoms with Gasteiger partial charge in [0.2, 0.25) is 17.7 Å². The lowest BCUT2D eigenvalue weighted by atomic mass is 9.49. The number of nitrogens with one attached hydrogen (secondary N) is 4. The molecule has 67 heavy (non-hydrogen) atoms. The van der Waals surface area contributed by atoms with Gasteiger partial charge in [-0.05, 0) is 73.6 Å². The number of aliphatic hydroxyl groups is 1. The number of nitrogens with zero attached hydrogens (tertiary/aromatic N) is 3. The number of carbonyl (C=O) groups excluding carboxylic acids is 4. The smallest absolute Gasteiger partial charge is 0.251 e. The minimum Gasteiger partial charge on any atom is -0.489 e. The van der Waals surface area contributed by atoms with E-state index in [4.69, 9.17) is 25.5 Å². The second-order valence-electron chi connectivity index (χ2n) is 19.9. The summed E-state index contributed by atoms with van der Waals surface area (Å²) in [6, 6.07) is 20.0. The number of anilines is 1. The average molecular weight is 939 g/mol. The Balaban J connectivity index is 0.878. The number of β-amino-alcohol motifs (C(OH)–C–C–N with tert-alkyl or cyclic N) is 1. The molecule has 0 radical (unpaired) electrons. The Morgan fingerprint density at radius 1 is 1.00 bits per heavy atom. The minimum atomic E-state index is -0.955. The Morgan fingerprint density at radius 2 is 1.70 bits per heavy atom. The first-order valence-corrected chi connectivity index (χ1v) is 23.2. The third-order valence-electron chi connectivity index (χ3n) is 12.8. The molecule has 1 saturated heterocycles. The van der Waals surface area contributed by atoms with Crippen LogP contribution in [0.5, 0.6) is 5.75 Å². The van der Waals surface area contributed by atoms with E-state index in [0.717, 1.165) is 41.8 Å². The first-order chi connectivity index (χ1) is 31.7. The largest absolute Gasteiger partial charge is 0.489 e. The number of ether oxygens (including phenoxy) is 2. The van der Waals surface area contributed by atoms with E-state index in [2.05, 4.69) is 60.0 Å². The SMILES string of the molecule is Cc1ncoc1-c1ccc(CNC(=O)[C@@H]2C[C@@H](O)CN2C(=O)C(NC(=O)COCCCCCNc2ccc(C(=O)NC3C(C)(C)C(Oc4ccc(C#N)c(Cl)c4)C3(C)C)cc2)C(C)(C)C)cc1.